The Labute approximate surface area is 131 Å². The molecule has 2 rings (SSSR count). The molecular weight excluding hydrogens is 266 g/mol. The molecule has 2 aliphatic rings. The Morgan fingerprint density at radius 1 is 1.24 bits per heavy atom. The van der Waals surface area contributed by atoms with Gasteiger partial charge >= 0.3 is 0 Å². The number of hydrogen-bond acceptors (Lipinski definition) is 4. The summed E-state index contributed by atoms with van der Waals surface area (Å²) in [7, 11) is 0. The number of carbonyl (C=O) groups is 1. The SMILES string of the molecule is CC(C)CN1CCN(CCOC2CCC2)CC1.CC(N)=O.[HH]. The van der Waals surface area contributed by atoms with Crippen LogP contribution >= 0.6 is 0 Å². The predicted molar refractivity (Wildman–Crippen MR) is 88.3 cm³/mol. The van der Waals surface area contributed by atoms with Crippen LogP contribution in [0.4, 0.5) is 0 Å². The van der Waals surface area contributed by atoms with Crippen LogP contribution in [0.1, 0.15) is 41.5 Å². The molecule has 5 heteroatoms. The summed E-state index contributed by atoms with van der Waals surface area (Å²) < 4.78 is 5.82. The van der Waals surface area contributed by atoms with Gasteiger partial charge in [0.1, 0.15) is 0 Å². The first kappa shape index (κ1) is 18.4. The minimum Gasteiger partial charge on any atom is -0.377 e. The molecule has 1 saturated carbocycles. The number of carbonyl (C=O) groups excluding carboxylic acids is 1. The van der Waals surface area contributed by atoms with Crippen molar-refractivity contribution in [3.05, 3.63) is 0 Å². The molecule has 1 saturated heterocycles. The van der Waals surface area contributed by atoms with E-state index >= 15 is 0 Å². The highest BCUT2D eigenvalue weighted by atomic mass is 16.5. The standard InChI is InChI=1S/C14H28N2O.C2H5NO.H2/c1-13(2)12-16-8-6-15(7-9-16)10-11-17-14-4-3-5-14;1-2(3)4;/h13-14H,3-12H2,1-2H3;1H3,(H2,3,4);1H. The molecule has 0 atom stereocenters. The maximum atomic E-state index is 9.22. The minimum absolute atomic E-state index is 0. The van der Waals surface area contributed by atoms with Gasteiger partial charge in [-0.25, -0.2) is 0 Å². The van der Waals surface area contributed by atoms with E-state index in [9.17, 15) is 4.79 Å². The fourth-order valence-corrected chi connectivity index (χ4v) is 2.60. The first-order chi connectivity index (χ1) is 9.97. The van der Waals surface area contributed by atoms with E-state index in [1.165, 1.54) is 58.9 Å². The Bertz CT molecular complexity index is 287. The Balaban J connectivity index is 0.000000791. The first-order valence-electron chi connectivity index (χ1n) is 8.29. The lowest BCUT2D eigenvalue weighted by molar-refractivity contribution is -0.115. The molecule has 0 aromatic heterocycles. The summed E-state index contributed by atoms with van der Waals surface area (Å²) in [5.41, 5.74) is 4.47. The highest BCUT2D eigenvalue weighted by molar-refractivity contribution is 5.70. The number of nitrogens with two attached hydrogens (primary N) is 1. The monoisotopic (exact) mass is 301 g/mol. The number of ether oxygens (including phenoxy) is 1. The van der Waals surface area contributed by atoms with Gasteiger partial charge in [-0.2, -0.15) is 0 Å². The van der Waals surface area contributed by atoms with E-state index in [4.69, 9.17) is 4.74 Å². The van der Waals surface area contributed by atoms with Crippen molar-refractivity contribution < 1.29 is 11.0 Å². The van der Waals surface area contributed by atoms with Crippen LogP contribution in [0.5, 0.6) is 0 Å². The summed E-state index contributed by atoms with van der Waals surface area (Å²) in [6.45, 7) is 14.2. The van der Waals surface area contributed by atoms with Crippen molar-refractivity contribution in [2.24, 2.45) is 11.7 Å². The van der Waals surface area contributed by atoms with Crippen LogP contribution in [-0.4, -0.2) is 67.7 Å². The maximum Gasteiger partial charge on any atom is 0.214 e. The largest absolute Gasteiger partial charge is 0.377 e. The average Bonchev–Trinajstić information content (AvgIpc) is 2.33. The molecule has 2 N–H and O–H groups in total. The van der Waals surface area contributed by atoms with Crippen molar-refractivity contribution in [3.8, 4) is 0 Å². The van der Waals surface area contributed by atoms with E-state index in [2.05, 4.69) is 29.4 Å². The molecule has 0 aromatic carbocycles. The fourth-order valence-electron chi connectivity index (χ4n) is 2.60. The van der Waals surface area contributed by atoms with Gasteiger partial charge in [0, 0.05) is 47.6 Å². The Kier molecular flexibility index (Phi) is 8.88. The predicted octanol–water partition coefficient (Wildman–Crippen LogP) is 1.57. The molecule has 126 valence electrons. The third kappa shape index (κ3) is 9.06. The van der Waals surface area contributed by atoms with Gasteiger partial charge in [0.2, 0.25) is 5.91 Å². The molecule has 0 bridgehead atoms. The van der Waals surface area contributed by atoms with Crippen LogP contribution in [0.3, 0.4) is 0 Å². The van der Waals surface area contributed by atoms with E-state index in [0.29, 0.717) is 6.10 Å². The van der Waals surface area contributed by atoms with E-state index < -0.39 is 0 Å². The second-order valence-electron chi connectivity index (χ2n) is 6.57. The molecule has 2 fully saturated rings. The summed E-state index contributed by atoms with van der Waals surface area (Å²) in [5, 5.41) is 0. The van der Waals surface area contributed by atoms with Crippen LogP contribution in [0.15, 0.2) is 0 Å². The molecule has 21 heavy (non-hydrogen) atoms. The molecule has 1 aliphatic heterocycles. The lowest BCUT2D eigenvalue weighted by Crippen LogP contribution is -2.48. The highest BCUT2D eigenvalue weighted by Crippen LogP contribution is 2.21. The quantitative estimate of drug-likeness (QED) is 0.809. The van der Waals surface area contributed by atoms with Gasteiger partial charge in [-0.15, -0.1) is 0 Å². The van der Waals surface area contributed by atoms with E-state index in [1.54, 1.807) is 0 Å². The number of nitrogens with zero attached hydrogens (tertiary/aromatic N) is 2. The van der Waals surface area contributed by atoms with Crippen molar-refractivity contribution in [1.29, 1.82) is 0 Å². The zero-order valence-corrected chi connectivity index (χ0v) is 14.0. The van der Waals surface area contributed by atoms with Gasteiger partial charge in [-0.05, 0) is 25.2 Å². The second kappa shape index (κ2) is 10.1. The zero-order valence-electron chi connectivity index (χ0n) is 14.0. The lowest BCUT2D eigenvalue weighted by Gasteiger charge is -2.36. The van der Waals surface area contributed by atoms with Gasteiger partial charge < -0.3 is 15.4 Å². The Morgan fingerprint density at radius 2 is 1.76 bits per heavy atom. The number of rotatable bonds is 6. The number of amides is 1. The van der Waals surface area contributed by atoms with Crippen LogP contribution in [-0.2, 0) is 9.53 Å². The van der Waals surface area contributed by atoms with Crippen molar-refractivity contribution in [2.75, 3.05) is 45.9 Å². The number of hydrogen-bond donors (Lipinski definition) is 1. The van der Waals surface area contributed by atoms with Gasteiger partial charge in [-0.1, -0.05) is 13.8 Å². The highest BCUT2D eigenvalue weighted by Gasteiger charge is 2.20. The van der Waals surface area contributed by atoms with E-state index in [1.807, 2.05) is 0 Å². The minimum atomic E-state index is -0.333. The summed E-state index contributed by atoms with van der Waals surface area (Å²) in [5.74, 6) is 0.462. The topological polar surface area (TPSA) is 58.8 Å². The smallest absolute Gasteiger partial charge is 0.214 e. The first-order valence-corrected chi connectivity index (χ1v) is 8.29. The zero-order chi connectivity index (χ0) is 15.7. The second-order valence-corrected chi connectivity index (χ2v) is 6.57. The van der Waals surface area contributed by atoms with Gasteiger partial charge in [0.05, 0.1) is 12.7 Å². The van der Waals surface area contributed by atoms with Gasteiger partial charge in [0.15, 0.2) is 0 Å². The summed E-state index contributed by atoms with van der Waals surface area (Å²) in [6.07, 6.45) is 4.56. The Hall–Kier alpha value is -0.650. The molecule has 5 nitrogen and oxygen atoms in total. The van der Waals surface area contributed by atoms with E-state index in [-0.39, 0.29) is 7.33 Å². The van der Waals surface area contributed by atoms with Gasteiger partial charge in [-0.3, -0.25) is 9.69 Å². The van der Waals surface area contributed by atoms with Gasteiger partial charge in [0.25, 0.3) is 0 Å². The molecule has 0 aromatic rings. The maximum absolute atomic E-state index is 9.22. The van der Waals surface area contributed by atoms with Crippen LogP contribution in [0, 0.1) is 5.92 Å². The van der Waals surface area contributed by atoms with Crippen molar-refractivity contribution >= 4 is 5.91 Å². The summed E-state index contributed by atoms with van der Waals surface area (Å²) in [6, 6.07) is 0. The molecule has 0 unspecified atom stereocenters. The molecule has 1 amide bonds. The molecule has 1 heterocycles. The van der Waals surface area contributed by atoms with Crippen molar-refractivity contribution in [1.82, 2.24) is 9.80 Å². The normalized spacial score (nSPS) is 20.8. The number of piperazine rings is 1. The van der Waals surface area contributed by atoms with Crippen molar-refractivity contribution in [2.45, 2.75) is 46.1 Å². The molecule has 0 radical (unpaired) electrons. The fraction of sp³-hybridized carbons (Fsp3) is 0.938. The van der Waals surface area contributed by atoms with E-state index in [0.717, 1.165) is 19.1 Å². The van der Waals surface area contributed by atoms with Crippen LogP contribution < -0.4 is 5.73 Å². The lowest BCUT2D eigenvalue weighted by atomic mass is 9.96. The third-order valence-electron chi connectivity index (χ3n) is 3.90. The summed E-state index contributed by atoms with van der Waals surface area (Å²) >= 11 is 0. The number of primary amides is 1. The molecule has 0 spiro atoms. The third-order valence-corrected chi connectivity index (χ3v) is 3.90. The molecule has 1 aliphatic carbocycles. The van der Waals surface area contributed by atoms with Crippen LogP contribution in [0.25, 0.3) is 0 Å². The molecular formula is C16H35N3O2. The van der Waals surface area contributed by atoms with Crippen LogP contribution in [0.2, 0.25) is 0 Å². The van der Waals surface area contributed by atoms with Crippen molar-refractivity contribution in [3.63, 3.8) is 0 Å². The summed E-state index contributed by atoms with van der Waals surface area (Å²) in [4.78, 5) is 14.4. The average molecular weight is 301 g/mol. The Morgan fingerprint density at radius 3 is 2.19 bits per heavy atom.